The van der Waals surface area contributed by atoms with Crippen LogP contribution in [0.5, 0.6) is 11.5 Å². The van der Waals surface area contributed by atoms with Gasteiger partial charge in [0.15, 0.2) is 0 Å². The molecule has 0 unspecified atom stereocenters. The number of benzene rings is 4. The van der Waals surface area contributed by atoms with Gasteiger partial charge < -0.3 is 13.5 Å². The van der Waals surface area contributed by atoms with Gasteiger partial charge in [-0.3, -0.25) is 9.97 Å². The van der Waals surface area contributed by atoms with Gasteiger partial charge in [-0.15, -0.1) is 11.1 Å². The quantitative estimate of drug-likeness (QED) is 0.0994. The van der Waals surface area contributed by atoms with Crippen LogP contribution in [-0.4, -0.2) is 18.8 Å². The van der Waals surface area contributed by atoms with Crippen molar-refractivity contribution in [3.63, 3.8) is 0 Å². The van der Waals surface area contributed by atoms with Crippen LogP contribution in [0.1, 0.15) is 22.3 Å². The van der Waals surface area contributed by atoms with E-state index in [1.165, 1.54) is 11.1 Å². The van der Waals surface area contributed by atoms with Crippen molar-refractivity contribution in [3.8, 4) is 11.5 Å². The molecule has 10 aromatic rings. The summed E-state index contributed by atoms with van der Waals surface area (Å²) in [6.07, 6.45) is 4.25. The van der Waals surface area contributed by atoms with Crippen LogP contribution in [0.15, 0.2) is 97.3 Å². The smallest absolute Gasteiger partial charge is 0.497 e. The molecule has 0 amide bonds. The first kappa shape index (κ1) is 28.9. The van der Waals surface area contributed by atoms with Crippen LogP contribution < -0.4 is 4.74 Å². The van der Waals surface area contributed by atoms with E-state index in [0.717, 1.165) is 87.6 Å². The first-order chi connectivity index (χ1) is 23.0. The molecule has 0 radical (unpaired) electrons. The molecule has 0 saturated heterocycles. The second-order valence-electron chi connectivity index (χ2n) is 12.7. The number of ether oxygens (including phenoxy) is 1. The van der Waals surface area contributed by atoms with Crippen LogP contribution in [0.25, 0.3) is 76.5 Å². The van der Waals surface area contributed by atoms with Gasteiger partial charge in [0.25, 0.3) is 0 Å². The fourth-order valence-electron chi connectivity index (χ4n) is 7.85. The third-order valence-electron chi connectivity index (χ3n) is 9.90. The molecule has 0 aliphatic heterocycles. The number of aryl methyl sites for hydroxylation is 4. The van der Waals surface area contributed by atoms with Crippen molar-refractivity contribution in [2.45, 2.75) is 27.7 Å². The molecule has 48 heavy (non-hydrogen) atoms. The summed E-state index contributed by atoms with van der Waals surface area (Å²) in [4.78, 5) is 10.4. The molecule has 6 heteroatoms. The zero-order valence-corrected chi connectivity index (χ0v) is 29.0. The van der Waals surface area contributed by atoms with Crippen LogP contribution in [0.2, 0.25) is 0 Å². The molecule has 0 bridgehead atoms. The van der Waals surface area contributed by atoms with E-state index in [9.17, 15) is 0 Å². The van der Waals surface area contributed by atoms with E-state index in [1.54, 1.807) is 0 Å². The number of aromatic nitrogens is 4. The van der Waals surface area contributed by atoms with E-state index in [0.29, 0.717) is 11.5 Å². The molecule has 0 spiro atoms. The number of pyridine rings is 4. The van der Waals surface area contributed by atoms with Crippen LogP contribution in [0, 0.1) is 39.8 Å². The van der Waals surface area contributed by atoms with Crippen molar-refractivity contribution >= 4 is 76.5 Å². The molecule has 10 rings (SSSR count). The molecular formula is C42H28N4OPt. The zero-order chi connectivity index (χ0) is 31.6. The minimum atomic E-state index is 0. The first-order valence-corrected chi connectivity index (χ1v) is 15.9. The van der Waals surface area contributed by atoms with E-state index in [4.69, 9.17) is 14.7 Å². The van der Waals surface area contributed by atoms with Crippen molar-refractivity contribution in [2.24, 2.45) is 0 Å². The Morgan fingerprint density at radius 1 is 0.562 bits per heavy atom. The largest absolute Gasteiger partial charge is 2.00 e. The Morgan fingerprint density at radius 2 is 1.00 bits per heavy atom. The van der Waals surface area contributed by atoms with Crippen LogP contribution in [0.3, 0.4) is 0 Å². The molecule has 6 aromatic heterocycles. The number of nitrogens with zero attached hydrogens (tertiary/aromatic N) is 4. The topological polar surface area (TPSA) is 43.8 Å². The standard InChI is InChI=1S/C42H28N4O.Pt/c1-23-19-27(21-31-39-37(35-15-9-17-45(35)41(23)31)25(3)29-11-5-7-13-33(29)43-39)47-28-20-24(2)42-32(22-28)40-38(36-16-10-18-46(36)42)26(4)30-12-6-8-14-34(30)44-40;/h5-20H,1-4H3;/q-2;+2. The molecule has 232 valence electrons. The van der Waals surface area contributed by atoms with Crippen molar-refractivity contribution in [2.75, 3.05) is 0 Å². The van der Waals surface area contributed by atoms with Crippen LogP contribution >= 0.6 is 0 Å². The van der Waals surface area contributed by atoms with Gasteiger partial charge in [-0.05, 0) is 95.6 Å². The predicted molar refractivity (Wildman–Crippen MR) is 192 cm³/mol. The van der Waals surface area contributed by atoms with Crippen molar-refractivity contribution < 1.29 is 25.8 Å². The van der Waals surface area contributed by atoms with Gasteiger partial charge in [-0.25, -0.2) is 0 Å². The van der Waals surface area contributed by atoms with E-state index in [2.05, 4.69) is 134 Å². The molecule has 0 N–H and O–H groups in total. The normalized spacial score (nSPS) is 12.0. The molecule has 0 aliphatic rings. The SMILES string of the molecule is Cc1c2ccccc2nc2c3[c-]c(Oc4[c-]c5c6nc7ccccc7c(C)c6c6cccn6c5c(C)c4)cc(C)c3n3cccc3c12.[Pt+2]. The third-order valence-corrected chi connectivity index (χ3v) is 9.90. The second kappa shape index (κ2) is 10.4. The third kappa shape index (κ3) is 3.88. The Hall–Kier alpha value is -5.25. The van der Waals surface area contributed by atoms with E-state index >= 15 is 0 Å². The fraction of sp³-hybridized carbons (Fsp3) is 0.0952. The second-order valence-corrected chi connectivity index (χ2v) is 12.7. The Morgan fingerprint density at radius 3 is 1.46 bits per heavy atom. The summed E-state index contributed by atoms with van der Waals surface area (Å²) < 4.78 is 11.2. The minimum Gasteiger partial charge on any atom is -0.497 e. The molecule has 0 atom stereocenters. The van der Waals surface area contributed by atoms with Gasteiger partial charge in [0, 0.05) is 44.3 Å². The molecule has 0 saturated carbocycles. The Bertz CT molecular complexity index is 2790. The van der Waals surface area contributed by atoms with E-state index in [1.807, 2.05) is 12.1 Å². The number of hydrogen-bond acceptors (Lipinski definition) is 3. The van der Waals surface area contributed by atoms with Crippen LogP contribution in [0.4, 0.5) is 0 Å². The maximum atomic E-state index is 6.69. The average Bonchev–Trinajstić information content (AvgIpc) is 3.75. The molecule has 0 fully saturated rings. The summed E-state index contributed by atoms with van der Waals surface area (Å²) in [5, 5.41) is 6.47. The van der Waals surface area contributed by atoms with Crippen LogP contribution in [-0.2, 0) is 21.1 Å². The number of fused-ring (bicyclic) bond motifs is 14. The summed E-state index contributed by atoms with van der Waals surface area (Å²) in [6, 6.07) is 36.7. The van der Waals surface area contributed by atoms with Gasteiger partial charge in [0.05, 0.1) is 11.0 Å². The molecule has 0 aliphatic carbocycles. The van der Waals surface area contributed by atoms with Gasteiger partial charge >= 0.3 is 21.1 Å². The average molecular weight is 800 g/mol. The Kier molecular flexibility index (Phi) is 6.25. The van der Waals surface area contributed by atoms with Gasteiger partial charge in [-0.1, -0.05) is 85.3 Å². The van der Waals surface area contributed by atoms with Crippen molar-refractivity contribution in [3.05, 3.63) is 132 Å². The molecule has 5 nitrogen and oxygen atoms in total. The first-order valence-electron chi connectivity index (χ1n) is 15.9. The maximum Gasteiger partial charge on any atom is 2.00 e. The summed E-state index contributed by atoms with van der Waals surface area (Å²) in [7, 11) is 0. The van der Waals surface area contributed by atoms with E-state index < -0.39 is 0 Å². The maximum absolute atomic E-state index is 6.69. The fourth-order valence-corrected chi connectivity index (χ4v) is 7.85. The monoisotopic (exact) mass is 799 g/mol. The van der Waals surface area contributed by atoms with Gasteiger partial charge in [-0.2, -0.15) is 0 Å². The Labute approximate surface area is 290 Å². The van der Waals surface area contributed by atoms with Gasteiger partial charge in [0.2, 0.25) is 0 Å². The van der Waals surface area contributed by atoms with Gasteiger partial charge in [0.1, 0.15) is 0 Å². The summed E-state index contributed by atoms with van der Waals surface area (Å²) in [6.45, 7) is 8.64. The molecule has 6 heterocycles. The molecule has 4 aromatic carbocycles. The predicted octanol–water partition coefficient (Wildman–Crippen LogP) is 10.5. The minimum absolute atomic E-state index is 0. The number of para-hydroxylation sites is 2. The summed E-state index contributed by atoms with van der Waals surface area (Å²) in [5.74, 6) is 1.26. The Balaban J connectivity index is 0.00000314. The summed E-state index contributed by atoms with van der Waals surface area (Å²) >= 11 is 0. The number of hydrogen-bond donors (Lipinski definition) is 0. The number of rotatable bonds is 2. The summed E-state index contributed by atoms with van der Waals surface area (Å²) in [5.41, 5.74) is 12.9. The van der Waals surface area contributed by atoms with Crippen molar-refractivity contribution in [1.29, 1.82) is 0 Å². The van der Waals surface area contributed by atoms with Crippen molar-refractivity contribution in [1.82, 2.24) is 18.8 Å². The molecular weight excluding hydrogens is 772 g/mol. The van der Waals surface area contributed by atoms with E-state index in [-0.39, 0.29) is 21.1 Å². The zero-order valence-electron chi connectivity index (χ0n) is 26.8.